The fraction of sp³-hybridized carbons (Fsp3) is 0.182. The maximum Gasteiger partial charge on any atom is 0.124 e. The molecule has 15 heavy (non-hydrogen) atoms. The van der Waals surface area contributed by atoms with Crippen molar-refractivity contribution in [1.29, 1.82) is 0 Å². The molecular formula is C11H12N2OS. The third kappa shape index (κ3) is 2.00. The lowest BCUT2D eigenvalue weighted by Gasteiger charge is -2.13. The van der Waals surface area contributed by atoms with Gasteiger partial charge in [-0.25, -0.2) is 4.98 Å². The third-order valence-corrected chi connectivity index (χ3v) is 2.85. The molecule has 0 aliphatic rings. The van der Waals surface area contributed by atoms with Crippen molar-refractivity contribution in [3.63, 3.8) is 0 Å². The molecule has 78 valence electrons. The van der Waals surface area contributed by atoms with Crippen LogP contribution >= 0.6 is 11.3 Å². The lowest BCUT2D eigenvalue weighted by atomic mass is 10.0. The number of thiazole rings is 1. The predicted octanol–water partition coefficient (Wildman–Crippen LogP) is 2.20. The van der Waals surface area contributed by atoms with Crippen molar-refractivity contribution in [3.8, 4) is 5.75 Å². The summed E-state index contributed by atoms with van der Waals surface area (Å²) in [5.74, 6) is 0.804. The van der Waals surface area contributed by atoms with Crippen LogP contribution in [0, 0.1) is 0 Å². The second kappa shape index (κ2) is 4.42. The Kier molecular flexibility index (Phi) is 2.99. The molecule has 0 radical (unpaired) electrons. The van der Waals surface area contributed by atoms with Crippen molar-refractivity contribution in [2.24, 2.45) is 5.73 Å². The molecule has 1 aromatic carbocycles. The lowest BCUT2D eigenvalue weighted by Crippen LogP contribution is -2.13. The zero-order valence-electron chi connectivity index (χ0n) is 8.38. The highest BCUT2D eigenvalue weighted by molar-refractivity contribution is 7.07. The molecule has 2 rings (SSSR count). The van der Waals surface area contributed by atoms with E-state index in [1.165, 1.54) is 0 Å². The van der Waals surface area contributed by atoms with Gasteiger partial charge in [-0.1, -0.05) is 18.2 Å². The minimum Gasteiger partial charge on any atom is -0.496 e. The number of benzene rings is 1. The van der Waals surface area contributed by atoms with E-state index in [1.807, 2.05) is 29.6 Å². The van der Waals surface area contributed by atoms with Crippen molar-refractivity contribution < 1.29 is 4.74 Å². The van der Waals surface area contributed by atoms with Gasteiger partial charge in [0.05, 0.1) is 24.4 Å². The summed E-state index contributed by atoms with van der Waals surface area (Å²) in [5, 5.41) is 1.96. The van der Waals surface area contributed by atoms with Crippen molar-refractivity contribution >= 4 is 11.3 Å². The highest BCUT2D eigenvalue weighted by atomic mass is 32.1. The largest absolute Gasteiger partial charge is 0.496 e. The van der Waals surface area contributed by atoms with Crippen LogP contribution < -0.4 is 10.5 Å². The highest BCUT2D eigenvalue weighted by Crippen LogP contribution is 2.27. The Hall–Kier alpha value is -1.39. The number of rotatable bonds is 3. The van der Waals surface area contributed by atoms with Crippen LogP contribution in [0.5, 0.6) is 5.75 Å². The quantitative estimate of drug-likeness (QED) is 0.862. The smallest absolute Gasteiger partial charge is 0.124 e. The number of aromatic nitrogens is 1. The minimum absolute atomic E-state index is 0.215. The molecule has 3 nitrogen and oxygen atoms in total. The van der Waals surface area contributed by atoms with E-state index in [-0.39, 0.29) is 6.04 Å². The zero-order chi connectivity index (χ0) is 10.7. The first-order chi connectivity index (χ1) is 7.33. The molecule has 0 amide bonds. The van der Waals surface area contributed by atoms with Crippen LogP contribution in [0.3, 0.4) is 0 Å². The molecule has 0 bridgehead atoms. The Morgan fingerprint density at radius 1 is 1.40 bits per heavy atom. The average molecular weight is 220 g/mol. The number of ether oxygens (including phenoxy) is 1. The molecule has 0 aliphatic heterocycles. The van der Waals surface area contributed by atoms with Crippen LogP contribution in [-0.2, 0) is 0 Å². The van der Waals surface area contributed by atoms with Gasteiger partial charge in [-0.15, -0.1) is 11.3 Å². The molecule has 0 spiro atoms. The predicted molar refractivity (Wildman–Crippen MR) is 61.1 cm³/mol. The maximum absolute atomic E-state index is 6.10. The second-order valence-electron chi connectivity index (χ2n) is 3.13. The van der Waals surface area contributed by atoms with Crippen molar-refractivity contribution in [2.75, 3.05) is 7.11 Å². The van der Waals surface area contributed by atoms with E-state index >= 15 is 0 Å². The third-order valence-electron chi connectivity index (χ3n) is 2.24. The lowest BCUT2D eigenvalue weighted by molar-refractivity contribution is 0.407. The maximum atomic E-state index is 6.10. The number of methoxy groups -OCH3 is 1. The fourth-order valence-corrected chi connectivity index (χ4v) is 2.05. The summed E-state index contributed by atoms with van der Waals surface area (Å²) < 4.78 is 5.26. The number of hydrogen-bond donors (Lipinski definition) is 1. The number of nitrogens with two attached hydrogens (primary N) is 1. The van der Waals surface area contributed by atoms with Gasteiger partial charge in [0, 0.05) is 10.9 Å². The van der Waals surface area contributed by atoms with Gasteiger partial charge >= 0.3 is 0 Å². The van der Waals surface area contributed by atoms with Crippen molar-refractivity contribution in [2.45, 2.75) is 6.04 Å². The number of nitrogens with zero attached hydrogens (tertiary/aromatic N) is 1. The standard InChI is InChI=1S/C11H12N2OS/c1-14-10-5-3-2-4-8(10)11(12)9-6-15-7-13-9/h2-7,11H,12H2,1H3. The molecule has 0 fully saturated rings. The summed E-state index contributed by atoms with van der Waals surface area (Å²) in [6, 6.07) is 7.53. The Balaban J connectivity index is 2.37. The summed E-state index contributed by atoms with van der Waals surface area (Å²) in [7, 11) is 1.65. The van der Waals surface area contributed by atoms with Gasteiger partial charge in [0.1, 0.15) is 5.75 Å². The molecule has 1 atom stereocenters. The highest BCUT2D eigenvalue weighted by Gasteiger charge is 2.14. The first-order valence-corrected chi connectivity index (χ1v) is 5.54. The van der Waals surface area contributed by atoms with Gasteiger partial charge in [-0.2, -0.15) is 0 Å². The van der Waals surface area contributed by atoms with E-state index in [9.17, 15) is 0 Å². The van der Waals surface area contributed by atoms with Crippen LogP contribution in [0.25, 0.3) is 0 Å². The van der Waals surface area contributed by atoms with Crippen LogP contribution in [0.4, 0.5) is 0 Å². The molecule has 1 heterocycles. The first-order valence-electron chi connectivity index (χ1n) is 4.59. The molecule has 2 aromatic rings. The van der Waals surface area contributed by atoms with E-state index in [4.69, 9.17) is 10.5 Å². The molecule has 2 N–H and O–H groups in total. The normalized spacial score (nSPS) is 12.4. The van der Waals surface area contributed by atoms with Crippen LogP contribution in [0.15, 0.2) is 35.2 Å². The van der Waals surface area contributed by atoms with E-state index < -0.39 is 0 Å². The number of hydrogen-bond acceptors (Lipinski definition) is 4. The number of para-hydroxylation sites is 1. The molecule has 1 unspecified atom stereocenters. The summed E-state index contributed by atoms with van der Waals surface area (Å²) >= 11 is 1.54. The molecule has 1 aromatic heterocycles. The van der Waals surface area contributed by atoms with Crippen LogP contribution in [0.1, 0.15) is 17.3 Å². The second-order valence-corrected chi connectivity index (χ2v) is 3.85. The van der Waals surface area contributed by atoms with Gasteiger partial charge in [-0.05, 0) is 6.07 Å². The van der Waals surface area contributed by atoms with Gasteiger partial charge < -0.3 is 10.5 Å². The summed E-state index contributed by atoms with van der Waals surface area (Å²) in [6.45, 7) is 0. The summed E-state index contributed by atoms with van der Waals surface area (Å²) in [4.78, 5) is 4.21. The molecule has 0 saturated carbocycles. The monoisotopic (exact) mass is 220 g/mol. The molecule has 4 heteroatoms. The average Bonchev–Trinajstić information content (AvgIpc) is 2.81. The van der Waals surface area contributed by atoms with E-state index in [0.29, 0.717) is 0 Å². The zero-order valence-corrected chi connectivity index (χ0v) is 9.20. The summed E-state index contributed by atoms with van der Waals surface area (Å²) in [5.41, 5.74) is 9.73. The molecule has 0 saturated heterocycles. The Morgan fingerprint density at radius 3 is 2.87 bits per heavy atom. The van der Waals surface area contributed by atoms with Gasteiger partial charge in [0.2, 0.25) is 0 Å². The molecular weight excluding hydrogens is 208 g/mol. The van der Waals surface area contributed by atoms with Gasteiger partial charge in [0.25, 0.3) is 0 Å². The van der Waals surface area contributed by atoms with Crippen LogP contribution in [0.2, 0.25) is 0 Å². The van der Waals surface area contributed by atoms with E-state index in [2.05, 4.69) is 4.98 Å². The first kappa shape index (κ1) is 10.1. The van der Waals surface area contributed by atoms with Crippen molar-refractivity contribution in [1.82, 2.24) is 4.98 Å². The molecule has 0 aliphatic carbocycles. The Bertz CT molecular complexity index is 428. The topological polar surface area (TPSA) is 48.1 Å². The Labute approximate surface area is 92.5 Å². The SMILES string of the molecule is COc1ccccc1C(N)c1cscn1. The van der Waals surface area contributed by atoms with Crippen molar-refractivity contribution in [3.05, 3.63) is 46.4 Å². The van der Waals surface area contributed by atoms with Crippen LogP contribution in [-0.4, -0.2) is 12.1 Å². The Morgan fingerprint density at radius 2 is 2.20 bits per heavy atom. The van der Waals surface area contributed by atoms with E-state index in [1.54, 1.807) is 24.0 Å². The summed E-state index contributed by atoms with van der Waals surface area (Å²) in [6.07, 6.45) is 0. The van der Waals surface area contributed by atoms with E-state index in [0.717, 1.165) is 17.0 Å². The van der Waals surface area contributed by atoms with Gasteiger partial charge in [0.15, 0.2) is 0 Å². The fourth-order valence-electron chi connectivity index (χ4n) is 1.46. The van der Waals surface area contributed by atoms with Gasteiger partial charge in [-0.3, -0.25) is 0 Å². The minimum atomic E-state index is -0.215.